The van der Waals surface area contributed by atoms with Gasteiger partial charge in [-0.3, -0.25) is 4.99 Å². The standard InChI is InChI=1S/C18H22F4N4S/c1-3-23-17(24-8-6-13-4-5-14(19)10-12(13)2)25-9-7-16-26-15(11-27-16)18(20,21)22/h4-5,10-11H,3,6-9H2,1-2H3,(H2,23,24,25). The van der Waals surface area contributed by atoms with Crippen LogP contribution in [0.2, 0.25) is 0 Å². The van der Waals surface area contributed by atoms with Gasteiger partial charge in [0.15, 0.2) is 11.7 Å². The molecule has 0 aliphatic heterocycles. The van der Waals surface area contributed by atoms with Crippen molar-refractivity contribution in [1.29, 1.82) is 0 Å². The van der Waals surface area contributed by atoms with Crippen LogP contribution in [0.15, 0.2) is 28.6 Å². The van der Waals surface area contributed by atoms with E-state index in [1.165, 1.54) is 12.1 Å². The zero-order valence-corrected chi connectivity index (χ0v) is 16.0. The minimum Gasteiger partial charge on any atom is -0.357 e. The molecule has 0 amide bonds. The molecule has 2 N–H and O–H groups in total. The minimum absolute atomic E-state index is 0.255. The lowest BCUT2D eigenvalue weighted by molar-refractivity contribution is -0.140. The number of nitrogens with one attached hydrogen (secondary N) is 2. The first-order chi connectivity index (χ1) is 12.8. The smallest absolute Gasteiger partial charge is 0.357 e. The molecule has 1 aromatic carbocycles. The number of guanidine groups is 1. The average molecular weight is 402 g/mol. The second kappa shape index (κ2) is 9.68. The van der Waals surface area contributed by atoms with Crippen LogP contribution in [-0.4, -0.2) is 30.6 Å². The normalized spacial score (nSPS) is 12.3. The summed E-state index contributed by atoms with van der Waals surface area (Å²) < 4.78 is 50.8. The van der Waals surface area contributed by atoms with Crippen LogP contribution in [0.3, 0.4) is 0 Å². The van der Waals surface area contributed by atoms with Crippen LogP contribution in [0.1, 0.15) is 28.8 Å². The lowest BCUT2D eigenvalue weighted by Gasteiger charge is -2.12. The summed E-state index contributed by atoms with van der Waals surface area (Å²) in [6.07, 6.45) is -3.36. The number of aliphatic imine (C=N–C) groups is 1. The molecule has 0 bridgehead atoms. The Morgan fingerprint density at radius 2 is 2.00 bits per heavy atom. The maximum absolute atomic E-state index is 13.1. The van der Waals surface area contributed by atoms with Gasteiger partial charge in [0.1, 0.15) is 5.82 Å². The number of halogens is 4. The maximum atomic E-state index is 13.1. The third-order valence-electron chi connectivity index (χ3n) is 3.77. The zero-order valence-electron chi connectivity index (χ0n) is 15.2. The second-order valence-corrected chi connectivity index (χ2v) is 6.83. The van der Waals surface area contributed by atoms with E-state index in [0.29, 0.717) is 43.4 Å². The van der Waals surface area contributed by atoms with Gasteiger partial charge in [0.2, 0.25) is 0 Å². The van der Waals surface area contributed by atoms with Crippen LogP contribution < -0.4 is 10.6 Å². The number of rotatable bonds is 7. The highest BCUT2D eigenvalue weighted by Gasteiger charge is 2.33. The van der Waals surface area contributed by atoms with Crippen molar-refractivity contribution < 1.29 is 17.6 Å². The van der Waals surface area contributed by atoms with Crippen molar-refractivity contribution >= 4 is 17.3 Å². The van der Waals surface area contributed by atoms with Gasteiger partial charge in [-0.2, -0.15) is 13.2 Å². The van der Waals surface area contributed by atoms with Gasteiger partial charge in [-0.05, 0) is 43.5 Å². The van der Waals surface area contributed by atoms with Gasteiger partial charge >= 0.3 is 6.18 Å². The van der Waals surface area contributed by atoms with Gasteiger partial charge in [0.05, 0.1) is 5.01 Å². The first-order valence-electron chi connectivity index (χ1n) is 8.58. The Hall–Kier alpha value is -2.16. The molecule has 148 valence electrons. The molecule has 2 aromatic rings. The summed E-state index contributed by atoms with van der Waals surface area (Å²) in [5.41, 5.74) is 1.08. The molecule has 0 aliphatic rings. The summed E-state index contributed by atoms with van der Waals surface area (Å²) >= 11 is 0.987. The van der Waals surface area contributed by atoms with Crippen LogP contribution in [0.5, 0.6) is 0 Å². The molecule has 0 radical (unpaired) electrons. The quantitative estimate of drug-likeness (QED) is 0.419. The fourth-order valence-corrected chi connectivity index (χ4v) is 3.21. The molecule has 0 atom stereocenters. The number of hydrogen-bond donors (Lipinski definition) is 2. The largest absolute Gasteiger partial charge is 0.434 e. The number of nitrogens with zero attached hydrogens (tertiary/aromatic N) is 2. The molecule has 0 saturated heterocycles. The van der Waals surface area contributed by atoms with Crippen molar-refractivity contribution in [1.82, 2.24) is 15.6 Å². The van der Waals surface area contributed by atoms with Gasteiger partial charge < -0.3 is 10.6 Å². The molecule has 0 unspecified atom stereocenters. The number of benzene rings is 1. The SMILES string of the molecule is CCNC(=NCCc1nc(C(F)(F)F)cs1)NCCc1ccc(F)cc1C. The maximum Gasteiger partial charge on any atom is 0.434 e. The highest BCUT2D eigenvalue weighted by atomic mass is 32.1. The molecule has 1 aromatic heterocycles. The van der Waals surface area contributed by atoms with Gasteiger partial charge in [-0.25, -0.2) is 9.37 Å². The van der Waals surface area contributed by atoms with Gasteiger partial charge in [0.25, 0.3) is 0 Å². The first-order valence-corrected chi connectivity index (χ1v) is 9.46. The number of alkyl halides is 3. The Morgan fingerprint density at radius 3 is 2.63 bits per heavy atom. The highest BCUT2D eigenvalue weighted by molar-refractivity contribution is 7.09. The highest BCUT2D eigenvalue weighted by Crippen LogP contribution is 2.30. The summed E-state index contributed by atoms with van der Waals surface area (Å²) in [4.78, 5) is 7.96. The van der Waals surface area contributed by atoms with E-state index in [2.05, 4.69) is 20.6 Å². The average Bonchev–Trinajstić information content (AvgIpc) is 3.06. The lowest BCUT2D eigenvalue weighted by Crippen LogP contribution is -2.38. The summed E-state index contributed by atoms with van der Waals surface area (Å²) in [6, 6.07) is 4.69. The zero-order chi connectivity index (χ0) is 19.9. The third-order valence-corrected chi connectivity index (χ3v) is 4.68. The Morgan fingerprint density at radius 1 is 1.22 bits per heavy atom. The molecule has 27 heavy (non-hydrogen) atoms. The molecule has 0 spiro atoms. The van der Waals surface area contributed by atoms with Crippen molar-refractivity contribution in [3.8, 4) is 0 Å². The molecule has 2 rings (SSSR count). The first kappa shape index (κ1) is 21.1. The summed E-state index contributed by atoms with van der Waals surface area (Å²) in [6.45, 7) is 5.39. The number of aromatic nitrogens is 1. The van der Waals surface area contributed by atoms with Gasteiger partial charge in [0, 0.05) is 31.4 Å². The van der Waals surface area contributed by atoms with Crippen LogP contribution >= 0.6 is 11.3 Å². The monoisotopic (exact) mass is 402 g/mol. The molecule has 9 heteroatoms. The van der Waals surface area contributed by atoms with Crippen LogP contribution in [-0.2, 0) is 19.0 Å². The van der Waals surface area contributed by atoms with Crippen LogP contribution in [0.25, 0.3) is 0 Å². The van der Waals surface area contributed by atoms with Crippen LogP contribution in [0.4, 0.5) is 17.6 Å². The molecule has 0 saturated carbocycles. The number of hydrogen-bond acceptors (Lipinski definition) is 3. The molecule has 1 heterocycles. The van der Waals surface area contributed by atoms with Crippen molar-refractivity contribution in [2.75, 3.05) is 19.6 Å². The third kappa shape index (κ3) is 6.82. The molecule has 4 nitrogen and oxygen atoms in total. The van der Waals surface area contributed by atoms with Crippen molar-refractivity contribution in [2.45, 2.75) is 32.9 Å². The van der Waals surface area contributed by atoms with Crippen molar-refractivity contribution in [3.63, 3.8) is 0 Å². The second-order valence-electron chi connectivity index (χ2n) is 5.88. The van der Waals surface area contributed by atoms with Crippen LogP contribution in [0, 0.1) is 12.7 Å². The number of aryl methyl sites for hydroxylation is 1. The van der Waals surface area contributed by atoms with Crippen molar-refractivity contribution in [2.24, 2.45) is 4.99 Å². The molecule has 0 fully saturated rings. The van der Waals surface area contributed by atoms with Gasteiger partial charge in [-0.15, -0.1) is 11.3 Å². The van der Waals surface area contributed by atoms with E-state index in [4.69, 9.17) is 0 Å². The Kier molecular flexibility index (Phi) is 7.58. The van der Waals surface area contributed by atoms with E-state index in [0.717, 1.165) is 27.8 Å². The summed E-state index contributed by atoms with van der Waals surface area (Å²) in [5, 5.41) is 7.69. The number of thiazole rings is 1. The molecule has 0 aliphatic carbocycles. The van der Waals surface area contributed by atoms with E-state index >= 15 is 0 Å². The Bertz CT molecular complexity index is 771. The predicted molar refractivity (Wildman–Crippen MR) is 99.6 cm³/mol. The summed E-state index contributed by atoms with van der Waals surface area (Å²) in [7, 11) is 0. The Balaban J connectivity index is 1.85. The Labute approximate surface area is 159 Å². The van der Waals surface area contributed by atoms with E-state index in [1.54, 1.807) is 6.07 Å². The van der Waals surface area contributed by atoms with E-state index in [1.807, 2.05) is 13.8 Å². The van der Waals surface area contributed by atoms with Crippen molar-refractivity contribution in [3.05, 3.63) is 51.2 Å². The summed E-state index contributed by atoms with van der Waals surface area (Å²) in [5.74, 6) is 0.333. The minimum atomic E-state index is -4.41. The molecular formula is C18H22F4N4S. The van der Waals surface area contributed by atoms with E-state index in [-0.39, 0.29) is 5.82 Å². The van der Waals surface area contributed by atoms with E-state index < -0.39 is 11.9 Å². The van der Waals surface area contributed by atoms with Gasteiger partial charge in [-0.1, -0.05) is 6.07 Å². The fourth-order valence-electron chi connectivity index (χ4n) is 2.42. The predicted octanol–water partition coefficient (Wildman–Crippen LogP) is 3.95. The lowest BCUT2D eigenvalue weighted by atomic mass is 10.1. The topological polar surface area (TPSA) is 49.3 Å². The molecular weight excluding hydrogens is 380 g/mol. The van der Waals surface area contributed by atoms with E-state index in [9.17, 15) is 17.6 Å². The fraction of sp³-hybridized carbons (Fsp3) is 0.444.